The summed E-state index contributed by atoms with van der Waals surface area (Å²) in [5.41, 5.74) is 0. The van der Waals surface area contributed by atoms with Crippen molar-refractivity contribution >= 4 is 12.0 Å². The van der Waals surface area contributed by atoms with Crippen molar-refractivity contribution in [3.63, 3.8) is 0 Å². The van der Waals surface area contributed by atoms with Crippen molar-refractivity contribution in [2.45, 2.75) is 71.8 Å². The van der Waals surface area contributed by atoms with Crippen LogP contribution in [0.2, 0.25) is 0 Å². The number of carboxylic acid groups (broad SMARTS) is 1. The molecule has 0 aliphatic rings. The zero-order valence-electron chi connectivity index (χ0n) is 13.1. The summed E-state index contributed by atoms with van der Waals surface area (Å²) in [6, 6.07) is -1.17. The van der Waals surface area contributed by atoms with E-state index in [-0.39, 0.29) is 6.03 Å². The lowest BCUT2D eigenvalue weighted by atomic mass is 10.0. The summed E-state index contributed by atoms with van der Waals surface area (Å²) < 4.78 is 0. The van der Waals surface area contributed by atoms with Crippen LogP contribution in [0.5, 0.6) is 0 Å². The molecule has 0 unspecified atom stereocenters. The molecular formula is C15H30N2O3. The molecule has 5 nitrogen and oxygen atoms in total. The highest BCUT2D eigenvalue weighted by Gasteiger charge is 2.18. The highest BCUT2D eigenvalue weighted by molar-refractivity contribution is 5.82. The lowest BCUT2D eigenvalue weighted by molar-refractivity contribution is -0.139. The summed E-state index contributed by atoms with van der Waals surface area (Å²) in [6.07, 6.45) is 6.91. The summed E-state index contributed by atoms with van der Waals surface area (Å²) in [4.78, 5) is 22.4. The second kappa shape index (κ2) is 11.6. The van der Waals surface area contributed by atoms with Crippen LogP contribution in [-0.2, 0) is 4.79 Å². The first kappa shape index (κ1) is 18.7. The van der Waals surface area contributed by atoms with Crippen LogP contribution in [-0.4, -0.2) is 29.7 Å². The van der Waals surface area contributed by atoms with E-state index in [1.54, 1.807) is 0 Å². The highest BCUT2D eigenvalue weighted by Crippen LogP contribution is 2.08. The van der Waals surface area contributed by atoms with E-state index in [1.807, 2.05) is 6.92 Å². The molecule has 20 heavy (non-hydrogen) atoms. The Morgan fingerprint density at radius 3 is 2.25 bits per heavy atom. The highest BCUT2D eigenvalue weighted by atomic mass is 16.4. The largest absolute Gasteiger partial charge is 0.480 e. The van der Waals surface area contributed by atoms with Crippen molar-refractivity contribution in [2.24, 2.45) is 5.92 Å². The number of amides is 2. The van der Waals surface area contributed by atoms with Gasteiger partial charge >= 0.3 is 12.0 Å². The molecular weight excluding hydrogens is 256 g/mol. The third-order valence-corrected chi connectivity index (χ3v) is 3.17. The first-order chi connectivity index (χ1) is 9.47. The molecule has 3 N–H and O–H groups in total. The maximum Gasteiger partial charge on any atom is 0.326 e. The van der Waals surface area contributed by atoms with Crippen LogP contribution < -0.4 is 10.6 Å². The molecule has 0 aliphatic carbocycles. The van der Waals surface area contributed by atoms with E-state index in [9.17, 15) is 9.59 Å². The number of hydrogen-bond donors (Lipinski definition) is 3. The Bertz CT molecular complexity index is 280. The van der Waals surface area contributed by atoms with Gasteiger partial charge in [0.2, 0.25) is 0 Å². The van der Waals surface area contributed by atoms with Crippen LogP contribution in [0.1, 0.15) is 65.7 Å². The third-order valence-electron chi connectivity index (χ3n) is 3.17. The van der Waals surface area contributed by atoms with Gasteiger partial charge in [-0.15, -0.1) is 0 Å². The van der Waals surface area contributed by atoms with Crippen molar-refractivity contribution in [3.05, 3.63) is 0 Å². The van der Waals surface area contributed by atoms with Gasteiger partial charge < -0.3 is 15.7 Å². The fourth-order valence-corrected chi connectivity index (χ4v) is 1.99. The normalized spacial score (nSPS) is 12.2. The fourth-order valence-electron chi connectivity index (χ4n) is 1.99. The van der Waals surface area contributed by atoms with Crippen LogP contribution in [0.15, 0.2) is 0 Å². The van der Waals surface area contributed by atoms with Gasteiger partial charge in [0.25, 0.3) is 0 Å². The van der Waals surface area contributed by atoms with Crippen LogP contribution in [0.3, 0.4) is 0 Å². The molecule has 0 aliphatic heterocycles. The van der Waals surface area contributed by atoms with Crippen molar-refractivity contribution in [1.29, 1.82) is 0 Å². The Morgan fingerprint density at radius 1 is 1.05 bits per heavy atom. The maximum absolute atomic E-state index is 11.5. The molecule has 5 heteroatoms. The van der Waals surface area contributed by atoms with Crippen molar-refractivity contribution in [3.8, 4) is 0 Å². The minimum atomic E-state index is -0.976. The molecule has 118 valence electrons. The quantitative estimate of drug-likeness (QED) is 0.510. The van der Waals surface area contributed by atoms with E-state index in [0.29, 0.717) is 13.0 Å². The predicted octanol–water partition coefficient (Wildman–Crippen LogP) is 3.15. The van der Waals surface area contributed by atoms with Crippen molar-refractivity contribution < 1.29 is 14.7 Å². The van der Waals surface area contributed by atoms with E-state index in [1.165, 1.54) is 19.3 Å². The Morgan fingerprint density at radius 2 is 1.70 bits per heavy atom. The molecule has 0 saturated heterocycles. The second-order valence-corrected chi connectivity index (χ2v) is 5.68. The molecule has 0 heterocycles. The van der Waals surface area contributed by atoms with E-state index >= 15 is 0 Å². The van der Waals surface area contributed by atoms with Crippen LogP contribution in [0.25, 0.3) is 0 Å². The predicted molar refractivity (Wildman–Crippen MR) is 80.8 cm³/mol. The van der Waals surface area contributed by atoms with Gasteiger partial charge in [-0.2, -0.15) is 0 Å². The Balaban J connectivity index is 3.60. The van der Waals surface area contributed by atoms with Gasteiger partial charge in [-0.3, -0.25) is 0 Å². The first-order valence-electron chi connectivity index (χ1n) is 7.74. The van der Waals surface area contributed by atoms with Gasteiger partial charge in [-0.1, -0.05) is 52.9 Å². The molecule has 0 bridgehead atoms. The molecule has 0 radical (unpaired) electrons. The van der Waals surface area contributed by atoms with Crippen molar-refractivity contribution in [1.82, 2.24) is 10.6 Å². The summed E-state index contributed by atoms with van der Waals surface area (Å²) in [5.74, 6) is -0.221. The zero-order valence-corrected chi connectivity index (χ0v) is 13.1. The Labute approximate surface area is 122 Å². The molecule has 0 aromatic heterocycles. The number of aliphatic carboxylic acids is 1. The van der Waals surface area contributed by atoms with E-state index in [2.05, 4.69) is 24.5 Å². The number of carboxylic acids is 1. The van der Waals surface area contributed by atoms with Gasteiger partial charge in [0.1, 0.15) is 6.04 Å². The summed E-state index contributed by atoms with van der Waals surface area (Å²) >= 11 is 0. The van der Waals surface area contributed by atoms with Gasteiger partial charge in [-0.25, -0.2) is 9.59 Å². The molecule has 1 atom stereocenters. The molecule has 0 saturated carbocycles. The van der Waals surface area contributed by atoms with Gasteiger partial charge in [0.05, 0.1) is 0 Å². The van der Waals surface area contributed by atoms with E-state index < -0.39 is 12.0 Å². The van der Waals surface area contributed by atoms with Crippen LogP contribution >= 0.6 is 0 Å². The van der Waals surface area contributed by atoms with Gasteiger partial charge in [0, 0.05) is 6.54 Å². The molecule has 0 aromatic carbocycles. The van der Waals surface area contributed by atoms with E-state index in [4.69, 9.17) is 5.11 Å². The topological polar surface area (TPSA) is 78.4 Å². The SMILES string of the molecule is CCC[C@@H](NC(=O)NCCCCCCC(C)C)C(=O)O. The Hall–Kier alpha value is -1.26. The lowest BCUT2D eigenvalue weighted by Crippen LogP contribution is -2.46. The molecule has 0 spiro atoms. The minimum Gasteiger partial charge on any atom is -0.480 e. The summed E-state index contributed by atoms with van der Waals surface area (Å²) in [5, 5.41) is 14.1. The summed E-state index contributed by atoms with van der Waals surface area (Å²) in [6.45, 7) is 6.95. The summed E-state index contributed by atoms with van der Waals surface area (Å²) in [7, 11) is 0. The molecule has 0 fully saturated rings. The van der Waals surface area contributed by atoms with Crippen LogP contribution in [0, 0.1) is 5.92 Å². The number of rotatable bonds is 11. The Kier molecular flexibility index (Phi) is 10.8. The number of carbonyl (C=O) groups is 2. The number of hydrogen-bond acceptors (Lipinski definition) is 2. The second-order valence-electron chi connectivity index (χ2n) is 5.68. The standard InChI is InChI=1S/C15H30N2O3/c1-4-9-13(14(18)19)17-15(20)16-11-8-6-5-7-10-12(2)3/h12-13H,4-11H2,1-3H3,(H,18,19)(H2,16,17,20)/t13-/m1/s1. The zero-order chi connectivity index (χ0) is 15.4. The average Bonchev–Trinajstić information content (AvgIpc) is 2.36. The first-order valence-corrected chi connectivity index (χ1v) is 7.74. The fraction of sp³-hybridized carbons (Fsp3) is 0.867. The average molecular weight is 286 g/mol. The number of urea groups is 1. The third kappa shape index (κ3) is 10.6. The molecule has 0 aromatic rings. The molecule has 0 rings (SSSR count). The van der Waals surface area contributed by atoms with Crippen LogP contribution in [0.4, 0.5) is 4.79 Å². The maximum atomic E-state index is 11.5. The lowest BCUT2D eigenvalue weighted by Gasteiger charge is -2.14. The number of nitrogens with one attached hydrogen (secondary N) is 2. The molecule has 2 amide bonds. The van der Waals surface area contributed by atoms with E-state index in [0.717, 1.165) is 25.2 Å². The minimum absolute atomic E-state index is 0.381. The number of carbonyl (C=O) groups excluding carboxylic acids is 1. The monoisotopic (exact) mass is 286 g/mol. The van der Waals surface area contributed by atoms with Gasteiger partial charge in [0.15, 0.2) is 0 Å². The number of unbranched alkanes of at least 4 members (excludes halogenated alkanes) is 3. The van der Waals surface area contributed by atoms with Gasteiger partial charge in [-0.05, 0) is 18.8 Å². The van der Waals surface area contributed by atoms with Crippen molar-refractivity contribution in [2.75, 3.05) is 6.54 Å². The smallest absolute Gasteiger partial charge is 0.326 e.